The summed E-state index contributed by atoms with van der Waals surface area (Å²) in [6.07, 6.45) is 0. The molecule has 1 atom stereocenters. The van der Waals surface area contributed by atoms with Gasteiger partial charge in [-0.1, -0.05) is 6.07 Å². The first-order chi connectivity index (χ1) is 9.92. The Morgan fingerprint density at radius 3 is 2.67 bits per heavy atom. The summed E-state index contributed by atoms with van der Waals surface area (Å²) < 4.78 is 18.5. The van der Waals surface area contributed by atoms with Gasteiger partial charge in [-0.05, 0) is 17.7 Å². The maximum atomic E-state index is 13.7. The quantitative estimate of drug-likeness (QED) is 0.857. The summed E-state index contributed by atoms with van der Waals surface area (Å²) in [5.41, 5.74) is 6.55. The number of carbonyl (C=O) groups excluding carboxylic acids is 2. The van der Waals surface area contributed by atoms with E-state index >= 15 is 0 Å². The number of hydrogen-bond donors (Lipinski definition) is 1. The molecule has 1 aliphatic rings. The number of likely N-dealkylation sites (N-methyl/N-ethyl adjacent to an activating group) is 1. The van der Waals surface area contributed by atoms with E-state index in [9.17, 15) is 14.0 Å². The summed E-state index contributed by atoms with van der Waals surface area (Å²) in [6, 6.07) is 3.85. The number of ether oxygens (including phenoxy) is 1. The summed E-state index contributed by atoms with van der Waals surface area (Å²) in [7, 11) is 2.96. The first kappa shape index (κ1) is 15.2. The zero-order chi connectivity index (χ0) is 15.6. The molecule has 7 heteroatoms. The highest BCUT2D eigenvalue weighted by molar-refractivity contribution is 5.92. The number of nitrogens with zero attached hydrogens (tertiary/aromatic N) is 2. The van der Waals surface area contributed by atoms with Crippen molar-refractivity contribution in [1.82, 2.24) is 9.80 Å². The normalized spacial score (nSPS) is 17.1. The van der Waals surface area contributed by atoms with Crippen LogP contribution in [0.25, 0.3) is 0 Å². The van der Waals surface area contributed by atoms with E-state index in [1.807, 2.05) is 0 Å². The maximum Gasteiger partial charge on any atom is 0.242 e. The lowest BCUT2D eigenvalue weighted by Gasteiger charge is -2.33. The highest BCUT2D eigenvalue weighted by atomic mass is 19.1. The van der Waals surface area contributed by atoms with Gasteiger partial charge in [0.05, 0.1) is 20.2 Å². The molecule has 114 valence electrons. The van der Waals surface area contributed by atoms with Crippen LogP contribution in [0.5, 0.6) is 5.75 Å². The molecule has 2 N–H and O–H groups in total. The molecule has 0 aromatic heterocycles. The average Bonchev–Trinajstić information content (AvgIpc) is 2.44. The molecular formula is C14H18FN3O3. The van der Waals surface area contributed by atoms with Gasteiger partial charge >= 0.3 is 0 Å². The molecule has 1 fully saturated rings. The van der Waals surface area contributed by atoms with Gasteiger partial charge in [-0.3, -0.25) is 9.59 Å². The van der Waals surface area contributed by atoms with Gasteiger partial charge in [0, 0.05) is 19.6 Å². The Morgan fingerprint density at radius 2 is 2.05 bits per heavy atom. The van der Waals surface area contributed by atoms with E-state index in [4.69, 9.17) is 10.5 Å². The fourth-order valence-electron chi connectivity index (χ4n) is 2.19. The number of hydrogen-bond acceptors (Lipinski definition) is 4. The largest absolute Gasteiger partial charge is 0.494 e. The molecule has 1 aliphatic heterocycles. The SMILES string of the molecule is COc1ccc(C(N)CN2CC(=O)N(C)CC2=O)cc1F. The maximum absolute atomic E-state index is 13.7. The Kier molecular flexibility index (Phi) is 4.42. The summed E-state index contributed by atoms with van der Waals surface area (Å²) in [6.45, 7) is 0.217. The number of piperazine rings is 1. The second-order valence-corrected chi connectivity index (χ2v) is 5.02. The predicted octanol–water partition coefficient (Wildman–Crippen LogP) is 0.135. The third-order valence-electron chi connectivity index (χ3n) is 3.50. The van der Waals surface area contributed by atoms with Crippen LogP contribution in [-0.2, 0) is 9.59 Å². The molecule has 1 unspecified atom stereocenters. The Hall–Kier alpha value is -2.15. The number of methoxy groups -OCH3 is 1. The Morgan fingerprint density at radius 1 is 1.33 bits per heavy atom. The van der Waals surface area contributed by atoms with E-state index in [1.165, 1.54) is 29.0 Å². The van der Waals surface area contributed by atoms with Crippen molar-refractivity contribution in [3.8, 4) is 5.75 Å². The number of halogens is 1. The minimum absolute atomic E-state index is 0.00166. The van der Waals surface area contributed by atoms with Crippen LogP contribution in [0.2, 0.25) is 0 Å². The molecule has 1 aromatic rings. The van der Waals surface area contributed by atoms with E-state index in [0.717, 1.165) is 0 Å². The van der Waals surface area contributed by atoms with E-state index in [2.05, 4.69) is 0 Å². The van der Waals surface area contributed by atoms with Crippen LogP contribution in [0, 0.1) is 5.82 Å². The smallest absolute Gasteiger partial charge is 0.242 e. The van der Waals surface area contributed by atoms with E-state index in [1.54, 1.807) is 13.1 Å². The Balaban J connectivity index is 2.07. The number of carbonyl (C=O) groups is 2. The third-order valence-corrected chi connectivity index (χ3v) is 3.50. The topological polar surface area (TPSA) is 75.9 Å². The van der Waals surface area contributed by atoms with E-state index in [0.29, 0.717) is 5.56 Å². The molecule has 1 aromatic carbocycles. The van der Waals surface area contributed by atoms with Crippen molar-refractivity contribution in [2.45, 2.75) is 6.04 Å². The molecular weight excluding hydrogens is 277 g/mol. The van der Waals surface area contributed by atoms with Crippen LogP contribution in [0.1, 0.15) is 11.6 Å². The molecule has 2 amide bonds. The zero-order valence-electron chi connectivity index (χ0n) is 12.0. The number of rotatable bonds is 4. The van der Waals surface area contributed by atoms with Gasteiger partial charge in [-0.25, -0.2) is 4.39 Å². The zero-order valence-corrected chi connectivity index (χ0v) is 12.0. The second-order valence-electron chi connectivity index (χ2n) is 5.02. The van der Waals surface area contributed by atoms with Crippen LogP contribution in [0.4, 0.5) is 4.39 Å². The average molecular weight is 295 g/mol. The van der Waals surface area contributed by atoms with E-state index in [-0.39, 0.29) is 37.2 Å². The van der Waals surface area contributed by atoms with Crippen molar-refractivity contribution >= 4 is 11.8 Å². The third kappa shape index (κ3) is 3.30. The molecule has 21 heavy (non-hydrogen) atoms. The molecule has 0 spiro atoms. The monoisotopic (exact) mass is 295 g/mol. The highest BCUT2D eigenvalue weighted by Gasteiger charge is 2.28. The van der Waals surface area contributed by atoms with Crippen LogP contribution >= 0.6 is 0 Å². The van der Waals surface area contributed by atoms with Gasteiger partial charge in [0.25, 0.3) is 0 Å². The fourth-order valence-corrected chi connectivity index (χ4v) is 2.19. The van der Waals surface area contributed by atoms with Crippen molar-refractivity contribution < 1.29 is 18.7 Å². The molecule has 0 bridgehead atoms. The van der Waals surface area contributed by atoms with Crippen molar-refractivity contribution in [3.63, 3.8) is 0 Å². The van der Waals surface area contributed by atoms with Crippen molar-refractivity contribution in [3.05, 3.63) is 29.6 Å². The van der Waals surface area contributed by atoms with Crippen molar-refractivity contribution in [2.75, 3.05) is 33.8 Å². The number of nitrogens with two attached hydrogens (primary N) is 1. The molecule has 1 heterocycles. The Bertz CT molecular complexity index is 564. The van der Waals surface area contributed by atoms with Crippen LogP contribution in [-0.4, -0.2) is 55.4 Å². The lowest BCUT2D eigenvalue weighted by Crippen LogP contribution is -2.53. The fraction of sp³-hybridized carbons (Fsp3) is 0.429. The molecule has 0 radical (unpaired) electrons. The molecule has 1 saturated heterocycles. The molecule has 6 nitrogen and oxygen atoms in total. The van der Waals surface area contributed by atoms with Crippen LogP contribution in [0.3, 0.4) is 0 Å². The summed E-state index contributed by atoms with van der Waals surface area (Å²) in [5, 5.41) is 0. The predicted molar refractivity (Wildman–Crippen MR) is 74.1 cm³/mol. The summed E-state index contributed by atoms with van der Waals surface area (Å²) in [5.74, 6) is -0.674. The van der Waals surface area contributed by atoms with Gasteiger partial charge in [-0.15, -0.1) is 0 Å². The Labute approximate surface area is 122 Å². The minimum Gasteiger partial charge on any atom is -0.494 e. The first-order valence-corrected chi connectivity index (χ1v) is 6.53. The lowest BCUT2D eigenvalue weighted by atomic mass is 10.1. The number of benzene rings is 1. The molecule has 0 aliphatic carbocycles. The standard InChI is InChI=1S/C14H18FN3O3/c1-17-7-14(20)18(8-13(17)19)6-11(16)9-3-4-12(21-2)10(15)5-9/h3-5,11H,6-8,16H2,1-2H3. The summed E-state index contributed by atoms with van der Waals surface area (Å²) in [4.78, 5) is 26.3. The second kappa shape index (κ2) is 6.09. The highest BCUT2D eigenvalue weighted by Crippen LogP contribution is 2.21. The van der Waals surface area contributed by atoms with Crippen LogP contribution < -0.4 is 10.5 Å². The van der Waals surface area contributed by atoms with Gasteiger partial charge in [0.15, 0.2) is 11.6 Å². The lowest BCUT2D eigenvalue weighted by molar-refractivity contribution is -0.148. The molecule has 0 saturated carbocycles. The van der Waals surface area contributed by atoms with E-state index < -0.39 is 11.9 Å². The van der Waals surface area contributed by atoms with Gasteiger partial charge in [0.2, 0.25) is 11.8 Å². The van der Waals surface area contributed by atoms with Crippen molar-refractivity contribution in [2.24, 2.45) is 5.73 Å². The van der Waals surface area contributed by atoms with Gasteiger partial charge in [0.1, 0.15) is 0 Å². The van der Waals surface area contributed by atoms with Crippen LogP contribution in [0.15, 0.2) is 18.2 Å². The first-order valence-electron chi connectivity index (χ1n) is 6.53. The minimum atomic E-state index is -0.564. The van der Waals surface area contributed by atoms with Crippen molar-refractivity contribution in [1.29, 1.82) is 0 Å². The molecule has 2 rings (SSSR count). The van der Waals surface area contributed by atoms with Gasteiger partial charge < -0.3 is 20.3 Å². The number of amides is 2. The van der Waals surface area contributed by atoms with Gasteiger partial charge in [-0.2, -0.15) is 0 Å². The summed E-state index contributed by atoms with van der Waals surface area (Å²) >= 11 is 0.